The van der Waals surface area contributed by atoms with Crippen molar-refractivity contribution in [2.75, 3.05) is 14.2 Å². The van der Waals surface area contributed by atoms with Gasteiger partial charge in [-0.1, -0.05) is 41.0 Å². The van der Waals surface area contributed by atoms with Crippen molar-refractivity contribution >= 4 is 35.3 Å². The number of hydrogen-bond acceptors (Lipinski definition) is 8. The number of ether oxygens (including phenoxy) is 2. The maximum absolute atomic E-state index is 11.9. The molecule has 2 aromatic rings. The van der Waals surface area contributed by atoms with E-state index in [1.165, 1.54) is 39.0 Å². The van der Waals surface area contributed by atoms with Gasteiger partial charge in [-0.25, -0.2) is 19.6 Å². The van der Waals surface area contributed by atoms with Crippen LogP contribution in [0.2, 0.25) is 5.15 Å². The molecular weight excluding hydrogens is 374 g/mol. The lowest BCUT2D eigenvalue weighted by Crippen LogP contribution is -2.08. The number of methoxy groups -OCH3 is 2. The van der Waals surface area contributed by atoms with E-state index >= 15 is 0 Å². The Kier molecular flexibility index (Phi) is 7.45. The van der Waals surface area contributed by atoms with Crippen LogP contribution in [0.4, 0.5) is 0 Å². The van der Waals surface area contributed by atoms with Gasteiger partial charge >= 0.3 is 11.9 Å². The molecule has 0 bridgehead atoms. The number of halogens is 1. The number of hydrogen-bond donors (Lipinski definition) is 0. The van der Waals surface area contributed by atoms with Crippen molar-refractivity contribution in [2.45, 2.75) is 6.42 Å². The quantitative estimate of drug-likeness (QED) is 0.136. The molecule has 0 aliphatic rings. The average molecular weight is 390 g/mol. The molecule has 27 heavy (non-hydrogen) atoms. The average Bonchev–Trinajstić information content (AvgIpc) is 2.66. The Hall–Kier alpha value is -3.26. The number of rotatable bonds is 7. The molecule has 1 aromatic heterocycles. The fraction of sp³-hybridized carbons (Fsp3) is 0.167. The van der Waals surface area contributed by atoms with Crippen LogP contribution in [0.5, 0.6) is 0 Å². The minimum Gasteiger partial charge on any atom is -0.503 e. The Morgan fingerprint density at radius 3 is 2.70 bits per heavy atom. The van der Waals surface area contributed by atoms with Crippen molar-refractivity contribution in [3.63, 3.8) is 0 Å². The van der Waals surface area contributed by atoms with Crippen molar-refractivity contribution in [3.8, 4) is 0 Å². The molecule has 0 saturated heterocycles. The lowest BCUT2D eigenvalue weighted by molar-refractivity contribution is -0.142. The number of carbonyl (C=O) groups excluding carboxylic acids is 2. The van der Waals surface area contributed by atoms with Gasteiger partial charge in [-0.2, -0.15) is 0 Å². The third-order valence-electron chi connectivity index (χ3n) is 3.21. The van der Waals surface area contributed by atoms with E-state index in [-0.39, 0.29) is 23.0 Å². The zero-order valence-corrected chi connectivity index (χ0v) is 15.3. The van der Waals surface area contributed by atoms with Gasteiger partial charge in [0.2, 0.25) is 0 Å². The van der Waals surface area contributed by atoms with Crippen LogP contribution in [-0.2, 0) is 30.3 Å². The van der Waals surface area contributed by atoms with E-state index < -0.39 is 11.9 Å². The SMILES string of the molecule is CO/C=C(/C(=O)OC)c1ccccc1/C=N/OC(=O)Cc1nccc(Cl)n1. The van der Waals surface area contributed by atoms with Crippen LogP contribution >= 0.6 is 11.6 Å². The van der Waals surface area contributed by atoms with E-state index in [0.29, 0.717) is 11.1 Å². The second kappa shape index (κ2) is 10.0. The van der Waals surface area contributed by atoms with Crippen LogP contribution in [0.25, 0.3) is 5.57 Å². The van der Waals surface area contributed by atoms with Crippen LogP contribution in [0.15, 0.2) is 47.9 Å². The van der Waals surface area contributed by atoms with Crippen molar-refractivity contribution in [3.05, 3.63) is 64.9 Å². The smallest absolute Gasteiger partial charge is 0.342 e. The van der Waals surface area contributed by atoms with Crippen LogP contribution < -0.4 is 0 Å². The molecule has 0 fully saturated rings. The number of benzene rings is 1. The Bertz CT molecular complexity index is 883. The number of nitrogens with zero attached hydrogens (tertiary/aromatic N) is 3. The minimum absolute atomic E-state index is 0.184. The Balaban J connectivity index is 2.12. The van der Waals surface area contributed by atoms with Gasteiger partial charge in [0.1, 0.15) is 23.0 Å². The van der Waals surface area contributed by atoms with Gasteiger partial charge in [-0.3, -0.25) is 0 Å². The number of carbonyl (C=O) groups is 2. The summed E-state index contributed by atoms with van der Waals surface area (Å²) in [5.74, 6) is -1.02. The van der Waals surface area contributed by atoms with E-state index in [1.807, 2.05) is 0 Å². The second-order valence-corrected chi connectivity index (χ2v) is 5.40. The van der Waals surface area contributed by atoms with Gasteiger partial charge in [-0.05, 0) is 6.07 Å². The maximum Gasteiger partial charge on any atom is 0.342 e. The van der Waals surface area contributed by atoms with Gasteiger partial charge in [-0.15, -0.1) is 0 Å². The molecule has 0 radical (unpaired) electrons. The van der Waals surface area contributed by atoms with Gasteiger partial charge in [0.15, 0.2) is 0 Å². The molecule has 9 heteroatoms. The molecule has 0 unspecified atom stereocenters. The van der Waals surface area contributed by atoms with Gasteiger partial charge in [0.25, 0.3) is 0 Å². The van der Waals surface area contributed by atoms with Crippen molar-refractivity contribution in [2.24, 2.45) is 5.16 Å². The molecule has 8 nitrogen and oxygen atoms in total. The molecule has 0 spiro atoms. The first kappa shape index (κ1) is 20.1. The van der Waals surface area contributed by atoms with Gasteiger partial charge < -0.3 is 14.3 Å². The summed E-state index contributed by atoms with van der Waals surface area (Å²) < 4.78 is 9.69. The maximum atomic E-state index is 11.9. The van der Waals surface area contributed by atoms with Crippen molar-refractivity contribution in [1.29, 1.82) is 0 Å². The van der Waals surface area contributed by atoms with Crippen LogP contribution in [0, 0.1) is 0 Å². The van der Waals surface area contributed by atoms with Crippen molar-refractivity contribution in [1.82, 2.24) is 9.97 Å². The fourth-order valence-corrected chi connectivity index (χ4v) is 2.22. The summed E-state index contributed by atoms with van der Waals surface area (Å²) in [6.07, 6.45) is 3.82. The third kappa shape index (κ3) is 5.89. The largest absolute Gasteiger partial charge is 0.503 e. The summed E-state index contributed by atoms with van der Waals surface area (Å²) in [6.45, 7) is 0. The highest BCUT2D eigenvalue weighted by Crippen LogP contribution is 2.19. The summed E-state index contributed by atoms with van der Waals surface area (Å²) in [4.78, 5) is 36.4. The molecule has 0 saturated carbocycles. The van der Waals surface area contributed by atoms with Gasteiger partial charge in [0.05, 0.1) is 26.7 Å². The highest BCUT2D eigenvalue weighted by molar-refractivity contribution is 6.29. The van der Waals surface area contributed by atoms with Gasteiger partial charge in [0, 0.05) is 17.3 Å². The lowest BCUT2D eigenvalue weighted by atomic mass is 10.0. The van der Waals surface area contributed by atoms with E-state index in [4.69, 9.17) is 25.9 Å². The summed E-state index contributed by atoms with van der Waals surface area (Å²) in [5, 5.41) is 3.89. The van der Waals surface area contributed by atoms with E-state index in [9.17, 15) is 9.59 Å². The standard InChI is InChI=1S/C18H16ClN3O5/c1-25-11-14(18(24)26-2)13-6-4-3-5-12(13)10-21-27-17(23)9-16-20-8-7-15(19)22-16/h3-8,10-11H,9H2,1-2H3/b14-11+,21-10+. The third-order valence-corrected chi connectivity index (χ3v) is 3.42. The predicted octanol–water partition coefficient (Wildman–Crippen LogP) is 2.41. The molecule has 1 heterocycles. The van der Waals surface area contributed by atoms with Crippen LogP contribution in [0.3, 0.4) is 0 Å². The van der Waals surface area contributed by atoms with E-state index in [2.05, 4.69) is 15.1 Å². The molecule has 2 rings (SSSR count). The first-order valence-electron chi connectivity index (χ1n) is 7.66. The highest BCUT2D eigenvalue weighted by atomic mass is 35.5. The zero-order valence-electron chi connectivity index (χ0n) is 14.6. The van der Waals surface area contributed by atoms with Crippen molar-refractivity contribution < 1.29 is 23.9 Å². The first-order chi connectivity index (χ1) is 13.0. The highest BCUT2D eigenvalue weighted by Gasteiger charge is 2.16. The number of aromatic nitrogens is 2. The van der Waals surface area contributed by atoms with E-state index in [0.717, 1.165) is 0 Å². The summed E-state index contributed by atoms with van der Waals surface area (Å²) >= 11 is 5.74. The zero-order chi connectivity index (χ0) is 19.6. The Labute approximate surface area is 160 Å². The normalized spacial score (nSPS) is 11.3. The van der Waals surface area contributed by atoms with Crippen LogP contribution in [0.1, 0.15) is 17.0 Å². The number of esters is 1. The first-order valence-corrected chi connectivity index (χ1v) is 8.04. The molecular formula is C18H16ClN3O5. The van der Waals surface area contributed by atoms with Crippen LogP contribution in [-0.4, -0.2) is 42.3 Å². The fourth-order valence-electron chi connectivity index (χ4n) is 2.07. The molecule has 0 amide bonds. The monoisotopic (exact) mass is 389 g/mol. The molecule has 0 aliphatic carbocycles. The predicted molar refractivity (Wildman–Crippen MR) is 97.9 cm³/mol. The topological polar surface area (TPSA) is 100.0 Å². The Morgan fingerprint density at radius 1 is 1.22 bits per heavy atom. The summed E-state index contributed by atoms with van der Waals surface area (Å²) in [6, 6.07) is 8.36. The molecule has 0 atom stereocenters. The second-order valence-electron chi connectivity index (χ2n) is 5.02. The molecule has 140 valence electrons. The molecule has 1 aromatic carbocycles. The molecule has 0 N–H and O–H groups in total. The molecule has 0 aliphatic heterocycles. The number of oxime groups is 1. The Morgan fingerprint density at radius 2 is 2.00 bits per heavy atom. The summed E-state index contributed by atoms with van der Waals surface area (Å²) in [7, 11) is 2.68. The minimum atomic E-state index is -0.661. The lowest BCUT2D eigenvalue weighted by Gasteiger charge is -2.08. The van der Waals surface area contributed by atoms with E-state index in [1.54, 1.807) is 24.3 Å². The summed E-state index contributed by atoms with van der Waals surface area (Å²) in [5.41, 5.74) is 1.22.